The fourth-order valence-electron chi connectivity index (χ4n) is 2.89. The maximum atomic E-state index is 12.1. The Kier molecular flexibility index (Phi) is 4.10. The highest BCUT2D eigenvalue weighted by atomic mass is 16.2. The Morgan fingerprint density at radius 3 is 2.77 bits per heavy atom. The molecule has 2 amide bonds. The predicted molar refractivity (Wildman–Crippen MR) is 81.1 cm³/mol. The van der Waals surface area contributed by atoms with Crippen molar-refractivity contribution < 1.29 is 9.59 Å². The Balaban J connectivity index is 1.51. The molecule has 0 saturated heterocycles. The fourth-order valence-corrected chi connectivity index (χ4v) is 2.89. The molecule has 2 N–H and O–H groups in total. The normalized spacial score (nSPS) is 17.2. The molecule has 1 saturated carbocycles. The Bertz CT molecular complexity index is 644. The average molecular weight is 297 g/mol. The van der Waals surface area contributed by atoms with Crippen molar-refractivity contribution in [2.75, 3.05) is 6.54 Å². The Morgan fingerprint density at radius 2 is 2.05 bits per heavy atom. The third kappa shape index (κ3) is 3.28. The highest BCUT2D eigenvalue weighted by Gasteiger charge is 2.32. The average Bonchev–Trinajstić information content (AvgIpc) is 3.26. The zero-order chi connectivity index (χ0) is 15.5. The van der Waals surface area contributed by atoms with E-state index in [4.69, 9.17) is 5.26 Å². The molecule has 0 aromatic heterocycles. The van der Waals surface area contributed by atoms with Crippen molar-refractivity contribution in [2.24, 2.45) is 5.92 Å². The number of nitrogens with zero attached hydrogens (tertiary/aromatic N) is 1. The van der Waals surface area contributed by atoms with Crippen molar-refractivity contribution in [3.05, 3.63) is 34.9 Å². The van der Waals surface area contributed by atoms with Crippen LogP contribution in [0.15, 0.2) is 18.2 Å². The van der Waals surface area contributed by atoms with Gasteiger partial charge in [-0.1, -0.05) is 6.07 Å². The number of nitrogens with one attached hydrogen (secondary N) is 2. The van der Waals surface area contributed by atoms with Crippen LogP contribution in [0.2, 0.25) is 0 Å². The van der Waals surface area contributed by atoms with E-state index < -0.39 is 6.04 Å². The lowest BCUT2D eigenvalue weighted by atomic mass is 10.1. The van der Waals surface area contributed by atoms with Gasteiger partial charge in [0.1, 0.15) is 6.04 Å². The molecule has 2 aliphatic rings. The molecule has 3 rings (SSSR count). The Hall–Kier alpha value is -2.35. The van der Waals surface area contributed by atoms with Gasteiger partial charge in [0.05, 0.1) is 12.6 Å². The van der Waals surface area contributed by atoms with Gasteiger partial charge < -0.3 is 10.6 Å². The SMILES string of the molecule is N#C[C@H](NC(=O)CNC(=O)c1ccc2c(c1)CCC2)C1CC1. The second-order valence-corrected chi connectivity index (χ2v) is 6.03. The van der Waals surface area contributed by atoms with Gasteiger partial charge in [-0.2, -0.15) is 5.26 Å². The van der Waals surface area contributed by atoms with Gasteiger partial charge in [0, 0.05) is 5.56 Å². The number of benzene rings is 1. The molecule has 0 bridgehead atoms. The summed E-state index contributed by atoms with van der Waals surface area (Å²) in [5, 5.41) is 14.3. The Labute approximate surface area is 129 Å². The predicted octanol–water partition coefficient (Wildman–Crippen LogP) is 1.32. The van der Waals surface area contributed by atoms with Gasteiger partial charge in [0.25, 0.3) is 5.91 Å². The van der Waals surface area contributed by atoms with E-state index in [1.807, 2.05) is 12.1 Å². The first-order valence-electron chi connectivity index (χ1n) is 7.76. The largest absolute Gasteiger partial charge is 0.343 e. The third-order valence-electron chi connectivity index (χ3n) is 4.32. The minimum atomic E-state index is -0.426. The van der Waals surface area contributed by atoms with E-state index in [1.165, 1.54) is 11.1 Å². The first-order valence-corrected chi connectivity index (χ1v) is 7.76. The van der Waals surface area contributed by atoms with Crippen molar-refractivity contribution in [2.45, 2.75) is 38.1 Å². The number of nitriles is 1. The van der Waals surface area contributed by atoms with Crippen LogP contribution in [0.4, 0.5) is 0 Å². The summed E-state index contributed by atoms with van der Waals surface area (Å²) >= 11 is 0. The maximum absolute atomic E-state index is 12.1. The van der Waals surface area contributed by atoms with Crippen molar-refractivity contribution in [3.63, 3.8) is 0 Å². The van der Waals surface area contributed by atoms with Crippen molar-refractivity contribution in [1.29, 1.82) is 5.26 Å². The maximum Gasteiger partial charge on any atom is 0.251 e. The number of amides is 2. The molecular weight excluding hydrogens is 278 g/mol. The van der Waals surface area contributed by atoms with Crippen LogP contribution in [-0.2, 0) is 17.6 Å². The molecule has 2 aliphatic carbocycles. The molecule has 1 aromatic rings. The minimum Gasteiger partial charge on any atom is -0.343 e. The van der Waals surface area contributed by atoms with Gasteiger partial charge in [-0.15, -0.1) is 0 Å². The lowest BCUT2D eigenvalue weighted by molar-refractivity contribution is -0.120. The zero-order valence-electron chi connectivity index (χ0n) is 12.4. The van der Waals surface area contributed by atoms with E-state index in [2.05, 4.69) is 16.7 Å². The van der Waals surface area contributed by atoms with Crippen LogP contribution >= 0.6 is 0 Å². The first-order chi connectivity index (χ1) is 10.7. The van der Waals surface area contributed by atoms with Crippen molar-refractivity contribution in [3.8, 4) is 6.07 Å². The summed E-state index contributed by atoms with van der Waals surface area (Å²) in [6.07, 6.45) is 5.21. The lowest BCUT2D eigenvalue weighted by Crippen LogP contribution is -2.42. The molecule has 114 valence electrons. The van der Waals surface area contributed by atoms with E-state index in [0.29, 0.717) is 5.56 Å². The summed E-state index contributed by atoms with van der Waals surface area (Å²) in [4.78, 5) is 23.9. The minimum absolute atomic E-state index is 0.0964. The second kappa shape index (κ2) is 6.18. The number of fused-ring (bicyclic) bond motifs is 1. The summed E-state index contributed by atoms with van der Waals surface area (Å²) in [5.74, 6) is -0.279. The number of carbonyl (C=O) groups excluding carboxylic acids is 2. The third-order valence-corrected chi connectivity index (χ3v) is 4.32. The van der Waals surface area contributed by atoms with E-state index in [0.717, 1.165) is 32.1 Å². The number of hydrogen-bond donors (Lipinski definition) is 2. The van der Waals surface area contributed by atoms with E-state index in [1.54, 1.807) is 6.07 Å². The zero-order valence-corrected chi connectivity index (χ0v) is 12.4. The van der Waals surface area contributed by atoms with Gasteiger partial charge in [-0.05, 0) is 61.3 Å². The summed E-state index contributed by atoms with van der Waals surface area (Å²) in [6, 6.07) is 7.39. The molecule has 0 aliphatic heterocycles. The van der Waals surface area contributed by atoms with Gasteiger partial charge in [-0.3, -0.25) is 9.59 Å². The van der Waals surface area contributed by atoms with Crippen LogP contribution in [0.1, 0.15) is 40.7 Å². The van der Waals surface area contributed by atoms with Gasteiger partial charge in [0.2, 0.25) is 5.91 Å². The smallest absolute Gasteiger partial charge is 0.251 e. The highest BCUT2D eigenvalue weighted by molar-refractivity contribution is 5.96. The van der Waals surface area contributed by atoms with Gasteiger partial charge in [-0.25, -0.2) is 0 Å². The molecule has 0 radical (unpaired) electrons. The van der Waals surface area contributed by atoms with Crippen molar-refractivity contribution >= 4 is 11.8 Å². The van der Waals surface area contributed by atoms with Gasteiger partial charge in [0.15, 0.2) is 0 Å². The molecule has 22 heavy (non-hydrogen) atoms. The summed E-state index contributed by atoms with van der Waals surface area (Å²) in [7, 11) is 0. The number of rotatable bonds is 5. The van der Waals surface area contributed by atoms with E-state index in [-0.39, 0.29) is 24.3 Å². The molecule has 0 spiro atoms. The van der Waals surface area contributed by atoms with Crippen LogP contribution in [-0.4, -0.2) is 24.4 Å². The van der Waals surface area contributed by atoms with Crippen LogP contribution in [0.5, 0.6) is 0 Å². The summed E-state index contributed by atoms with van der Waals surface area (Å²) in [5.41, 5.74) is 3.14. The number of hydrogen-bond acceptors (Lipinski definition) is 3. The lowest BCUT2D eigenvalue weighted by Gasteiger charge is -2.11. The monoisotopic (exact) mass is 297 g/mol. The van der Waals surface area contributed by atoms with Crippen LogP contribution in [0.3, 0.4) is 0 Å². The molecule has 1 atom stereocenters. The standard InChI is InChI=1S/C17H19N3O2/c18-9-15(12-5-6-12)20-16(21)10-19-17(22)14-7-4-11-2-1-3-13(11)8-14/h4,7-8,12,15H,1-3,5-6,10H2,(H,19,22)(H,20,21)/t15-/m0/s1. The van der Waals surface area contributed by atoms with Crippen LogP contribution in [0, 0.1) is 17.2 Å². The number of carbonyl (C=O) groups is 2. The molecular formula is C17H19N3O2. The number of aryl methyl sites for hydroxylation is 2. The molecule has 1 fully saturated rings. The summed E-state index contributed by atoms with van der Waals surface area (Å²) < 4.78 is 0. The molecule has 0 unspecified atom stereocenters. The Morgan fingerprint density at radius 1 is 1.27 bits per heavy atom. The van der Waals surface area contributed by atoms with Crippen LogP contribution in [0.25, 0.3) is 0 Å². The second-order valence-electron chi connectivity index (χ2n) is 6.03. The molecule has 5 heteroatoms. The molecule has 0 heterocycles. The summed E-state index contributed by atoms with van der Waals surface area (Å²) in [6.45, 7) is -0.0964. The van der Waals surface area contributed by atoms with Crippen molar-refractivity contribution in [1.82, 2.24) is 10.6 Å². The quantitative estimate of drug-likeness (QED) is 0.860. The first kappa shape index (κ1) is 14.6. The van der Waals surface area contributed by atoms with E-state index >= 15 is 0 Å². The molecule has 1 aromatic carbocycles. The van der Waals surface area contributed by atoms with E-state index in [9.17, 15) is 9.59 Å². The fraction of sp³-hybridized carbons (Fsp3) is 0.471. The van der Waals surface area contributed by atoms with Gasteiger partial charge >= 0.3 is 0 Å². The molecule has 5 nitrogen and oxygen atoms in total. The van der Waals surface area contributed by atoms with Crippen LogP contribution < -0.4 is 10.6 Å². The highest BCUT2D eigenvalue weighted by Crippen LogP contribution is 2.32. The topological polar surface area (TPSA) is 82.0 Å².